The van der Waals surface area contributed by atoms with Gasteiger partial charge in [-0.25, -0.2) is 15.0 Å². The fourth-order valence-electron chi connectivity index (χ4n) is 6.84. The molecule has 0 unspecified atom stereocenters. The second-order valence-corrected chi connectivity index (χ2v) is 12.4. The SMILES string of the molecule is c1ccc(-c2nc(-c3ccc(-c4ccc5oc6ccccc6c5c4)cc3)nc(-c3ccc(-c4cccc5c4oc4ccccc45)cc3)n2)cc1. The molecular weight excluding hydrogens is 615 g/mol. The first-order chi connectivity index (χ1) is 24.7. The quantitative estimate of drug-likeness (QED) is 0.187. The van der Waals surface area contributed by atoms with Crippen LogP contribution in [0.2, 0.25) is 0 Å². The summed E-state index contributed by atoms with van der Waals surface area (Å²) in [4.78, 5) is 14.9. The van der Waals surface area contributed by atoms with Crippen molar-refractivity contribution in [1.29, 1.82) is 0 Å². The summed E-state index contributed by atoms with van der Waals surface area (Å²) >= 11 is 0. The average molecular weight is 642 g/mol. The molecule has 0 saturated carbocycles. The van der Waals surface area contributed by atoms with Gasteiger partial charge in [0.2, 0.25) is 0 Å². The van der Waals surface area contributed by atoms with Gasteiger partial charge in [0.15, 0.2) is 17.5 Å². The highest BCUT2D eigenvalue weighted by Crippen LogP contribution is 2.37. The number of fused-ring (bicyclic) bond motifs is 6. The van der Waals surface area contributed by atoms with E-state index in [1.807, 2.05) is 72.8 Å². The first-order valence-corrected chi connectivity index (χ1v) is 16.6. The lowest BCUT2D eigenvalue weighted by molar-refractivity contribution is 0.669. The third kappa shape index (κ3) is 4.75. The van der Waals surface area contributed by atoms with Gasteiger partial charge in [0.1, 0.15) is 22.3 Å². The molecule has 0 aliphatic heterocycles. The molecule has 234 valence electrons. The van der Waals surface area contributed by atoms with E-state index in [0.717, 1.165) is 82.8 Å². The largest absolute Gasteiger partial charge is 0.456 e. The number of hydrogen-bond donors (Lipinski definition) is 0. The molecule has 0 atom stereocenters. The van der Waals surface area contributed by atoms with E-state index in [9.17, 15) is 0 Å². The van der Waals surface area contributed by atoms with Crippen molar-refractivity contribution in [3.63, 3.8) is 0 Å². The normalized spacial score (nSPS) is 11.6. The van der Waals surface area contributed by atoms with E-state index in [1.165, 1.54) is 0 Å². The molecule has 0 fully saturated rings. The lowest BCUT2D eigenvalue weighted by atomic mass is 10.0. The van der Waals surface area contributed by atoms with Crippen molar-refractivity contribution in [2.24, 2.45) is 0 Å². The highest BCUT2D eigenvalue weighted by Gasteiger charge is 2.15. The van der Waals surface area contributed by atoms with Crippen LogP contribution in [0.15, 0.2) is 173 Å². The van der Waals surface area contributed by atoms with Crippen molar-refractivity contribution in [2.75, 3.05) is 0 Å². The van der Waals surface area contributed by atoms with Gasteiger partial charge in [0.25, 0.3) is 0 Å². The summed E-state index contributed by atoms with van der Waals surface area (Å²) in [6.07, 6.45) is 0. The molecule has 50 heavy (non-hydrogen) atoms. The second kappa shape index (κ2) is 11.4. The van der Waals surface area contributed by atoms with Gasteiger partial charge >= 0.3 is 0 Å². The van der Waals surface area contributed by atoms with Crippen molar-refractivity contribution in [2.45, 2.75) is 0 Å². The van der Waals surface area contributed by atoms with Crippen LogP contribution in [0.25, 0.3) is 100 Å². The lowest BCUT2D eigenvalue weighted by Crippen LogP contribution is -2.00. The van der Waals surface area contributed by atoms with E-state index in [-0.39, 0.29) is 0 Å². The van der Waals surface area contributed by atoms with Crippen LogP contribution >= 0.6 is 0 Å². The number of rotatable bonds is 5. The molecule has 0 N–H and O–H groups in total. The van der Waals surface area contributed by atoms with Crippen molar-refractivity contribution in [3.05, 3.63) is 164 Å². The fourth-order valence-corrected chi connectivity index (χ4v) is 6.84. The minimum atomic E-state index is 0.615. The Bertz CT molecular complexity index is 2850. The predicted molar refractivity (Wildman–Crippen MR) is 202 cm³/mol. The Balaban J connectivity index is 1.03. The molecular formula is C45H27N3O2. The minimum absolute atomic E-state index is 0.615. The van der Waals surface area contributed by atoms with Crippen LogP contribution in [-0.2, 0) is 0 Å². The van der Waals surface area contributed by atoms with Crippen LogP contribution in [0.3, 0.4) is 0 Å². The molecule has 10 rings (SSSR count). The van der Waals surface area contributed by atoms with E-state index >= 15 is 0 Å². The number of furan rings is 2. The maximum absolute atomic E-state index is 6.31. The first-order valence-electron chi connectivity index (χ1n) is 16.6. The van der Waals surface area contributed by atoms with Gasteiger partial charge in [0.05, 0.1) is 0 Å². The van der Waals surface area contributed by atoms with Crippen molar-refractivity contribution in [1.82, 2.24) is 15.0 Å². The highest BCUT2D eigenvalue weighted by molar-refractivity contribution is 6.09. The number of nitrogens with zero attached hydrogens (tertiary/aromatic N) is 3. The van der Waals surface area contributed by atoms with Gasteiger partial charge in [-0.3, -0.25) is 0 Å². The molecule has 0 spiro atoms. The van der Waals surface area contributed by atoms with Crippen molar-refractivity contribution >= 4 is 43.9 Å². The van der Waals surface area contributed by atoms with Crippen LogP contribution in [0, 0.1) is 0 Å². The topological polar surface area (TPSA) is 65.0 Å². The van der Waals surface area contributed by atoms with Crippen molar-refractivity contribution < 1.29 is 8.83 Å². The van der Waals surface area contributed by atoms with Gasteiger partial charge in [0, 0.05) is 43.8 Å². The van der Waals surface area contributed by atoms with Crippen LogP contribution in [0.1, 0.15) is 0 Å². The van der Waals surface area contributed by atoms with Gasteiger partial charge in [-0.1, -0.05) is 140 Å². The third-order valence-electron chi connectivity index (χ3n) is 9.38. The summed E-state index contributed by atoms with van der Waals surface area (Å²) in [5.74, 6) is 1.86. The van der Waals surface area contributed by atoms with Crippen molar-refractivity contribution in [3.8, 4) is 56.4 Å². The summed E-state index contributed by atoms with van der Waals surface area (Å²) in [7, 11) is 0. The monoisotopic (exact) mass is 641 g/mol. The zero-order chi connectivity index (χ0) is 33.0. The summed E-state index contributed by atoms with van der Waals surface area (Å²) in [5.41, 5.74) is 10.6. The molecule has 0 amide bonds. The number of benzene rings is 7. The molecule has 3 aromatic heterocycles. The third-order valence-corrected chi connectivity index (χ3v) is 9.38. The van der Waals surface area contributed by atoms with Crippen LogP contribution < -0.4 is 0 Å². The molecule has 5 heteroatoms. The van der Waals surface area contributed by atoms with E-state index < -0.39 is 0 Å². The summed E-state index contributed by atoms with van der Waals surface area (Å²) in [5, 5.41) is 4.45. The Labute approximate surface area is 287 Å². The zero-order valence-corrected chi connectivity index (χ0v) is 26.7. The standard InChI is InChI=1S/C45H27N3O2/c1-2-9-30(10-3-1)43-46-44(31-21-17-28(18-22-31)33-25-26-41-38(27-33)36-12-5-6-15-39(36)49-41)48-45(47-43)32-23-19-29(20-24-32)34-13-8-14-37-35-11-4-7-16-40(35)50-42(34)37/h1-27H. The van der Waals surface area contributed by atoms with Crippen LogP contribution in [0.5, 0.6) is 0 Å². The lowest BCUT2D eigenvalue weighted by Gasteiger charge is -2.10. The Hall–Kier alpha value is -6.85. The summed E-state index contributed by atoms with van der Waals surface area (Å²) in [6.45, 7) is 0. The number of aromatic nitrogens is 3. The average Bonchev–Trinajstić information content (AvgIpc) is 3.76. The van der Waals surface area contributed by atoms with E-state index in [1.54, 1.807) is 0 Å². The number of hydrogen-bond acceptors (Lipinski definition) is 5. The fraction of sp³-hybridized carbons (Fsp3) is 0. The first kappa shape index (κ1) is 28.2. The van der Waals surface area contributed by atoms with Crippen LogP contribution in [0.4, 0.5) is 0 Å². The van der Waals surface area contributed by atoms with Gasteiger partial charge in [-0.05, 0) is 41.0 Å². The molecule has 0 aliphatic rings. The molecule has 0 bridgehead atoms. The molecule has 5 nitrogen and oxygen atoms in total. The highest BCUT2D eigenvalue weighted by atomic mass is 16.3. The Morgan fingerprint density at radius 3 is 1.46 bits per heavy atom. The minimum Gasteiger partial charge on any atom is -0.456 e. The Morgan fingerprint density at radius 1 is 0.300 bits per heavy atom. The molecule has 10 aromatic rings. The van der Waals surface area contributed by atoms with E-state index in [4.69, 9.17) is 23.8 Å². The smallest absolute Gasteiger partial charge is 0.164 e. The molecule has 0 saturated heterocycles. The predicted octanol–water partition coefficient (Wildman–Crippen LogP) is 12.0. The summed E-state index contributed by atoms with van der Waals surface area (Å²) < 4.78 is 12.4. The van der Waals surface area contributed by atoms with Crippen LogP contribution in [-0.4, -0.2) is 15.0 Å². The summed E-state index contributed by atoms with van der Waals surface area (Å²) in [6, 6.07) is 55.8. The van der Waals surface area contributed by atoms with E-state index in [2.05, 4.69) is 91.0 Å². The zero-order valence-electron chi connectivity index (χ0n) is 26.7. The molecule has 3 heterocycles. The molecule has 7 aromatic carbocycles. The molecule has 0 aliphatic carbocycles. The Kier molecular flexibility index (Phi) is 6.42. The maximum atomic E-state index is 6.31. The number of para-hydroxylation sites is 3. The van der Waals surface area contributed by atoms with Gasteiger partial charge in [-0.2, -0.15) is 0 Å². The molecule has 0 radical (unpaired) electrons. The second-order valence-electron chi connectivity index (χ2n) is 12.4. The van der Waals surface area contributed by atoms with Gasteiger partial charge < -0.3 is 8.83 Å². The Morgan fingerprint density at radius 2 is 0.780 bits per heavy atom. The van der Waals surface area contributed by atoms with E-state index in [0.29, 0.717) is 17.5 Å². The van der Waals surface area contributed by atoms with Gasteiger partial charge in [-0.15, -0.1) is 0 Å². The maximum Gasteiger partial charge on any atom is 0.164 e.